The van der Waals surface area contributed by atoms with Gasteiger partial charge in [-0.15, -0.1) is 0 Å². The number of nitrogens with zero attached hydrogens (tertiary/aromatic N) is 4. The highest BCUT2D eigenvalue weighted by Crippen LogP contribution is 2.38. The van der Waals surface area contributed by atoms with E-state index in [9.17, 15) is 4.79 Å². The molecule has 1 atom stereocenters. The molecule has 0 spiro atoms. The second-order valence-corrected chi connectivity index (χ2v) is 7.69. The minimum absolute atomic E-state index is 0.254. The summed E-state index contributed by atoms with van der Waals surface area (Å²) in [7, 11) is 0. The maximum Gasteiger partial charge on any atom is 0.240 e. The quantitative estimate of drug-likeness (QED) is 0.829. The molecule has 0 unspecified atom stereocenters. The van der Waals surface area contributed by atoms with Gasteiger partial charge in [0.2, 0.25) is 11.8 Å². The second kappa shape index (κ2) is 6.82. The molecule has 1 amide bonds. The summed E-state index contributed by atoms with van der Waals surface area (Å²) in [4.78, 5) is 21.3. The van der Waals surface area contributed by atoms with E-state index in [1.54, 1.807) is 6.92 Å². The summed E-state index contributed by atoms with van der Waals surface area (Å²) >= 11 is 0. The van der Waals surface area contributed by atoms with Crippen molar-refractivity contribution in [3.63, 3.8) is 0 Å². The van der Waals surface area contributed by atoms with Gasteiger partial charge in [-0.25, -0.2) is 0 Å². The van der Waals surface area contributed by atoms with Crippen molar-refractivity contribution in [2.75, 3.05) is 13.1 Å². The van der Waals surface area contributed by atoms with Crippen LogP contribution >= 0.6 is 0 Å². The summed E-state index contributed by atoms with van der Waals surface area (Å²) in [6.45, 7) is 4.53. The molecule has 6 heteroatoms. The number of aromatic nitrogens is 2. The molecule has 2 aliphatic carbocycles. The molecule has 1 aliphatic heterocycles. The van der Waals surface area contributed by atoms with E-state index >= 15 is 0 Å². The first-order chi connectivity index (χ1) is 11.7. The lowest BCUT2D eigenvalue weighted by atomic mass is 9.89. The molecule has 0 radical (unpaired) electrons. The fourth-order valence-electron chi connectivity index (χ4n) is 4.08. The van der Waals surface area contributed by atoms with E-state index in [4.69, 9.17) is 4.52 Å². The minimum Gasteiger partial charge on any atom is -0.338 e. The number of carbonyl (C=O) groups is 1. The molecule has 3 aliphatic rings. The normalized spacial score (nSPS) is 26.0. The van der Waals surface area contributed by atoms with Crippen LogP contribution in [0.4, 0.5) is 0 Å². The van der Waals surface area contributed by atoms with Crippen molar-refractivity contribution in [1.29, 1.82) is 0 Å². The third kappa shape index (κ3) is 3.48. The predicted octanol–water partition coefficient (Wildman–Crippen LogP) is 2.70. The highest BCUT2D eigenvalue weighted by molar-refractivity contribution is 5.74. The maximum absolute atomic E-state index is 12.1. The van der Waals surface area contributed by atoms with Crippen molar-refractivity contribution in [3.8, 4) is 0 Å². The molecule has 6 nitrogen and oxygen atoms in total. The van der Waals surface area contributed by atoms with Gasteiger partial charge in [-0.3, -0.25) is 9.69 Å². The fourth-order valence-corrected chi connectivity index (χ4v) is 4.08. The van der Waals surface area contributed by atoms with Crippen LogP contribution in [0.1, 0.15) is 75.9 Å². The summed E-state index contributed by atoms with van der Waals surface area (Å²) < 4.78 is 5.42. The lowest BCUT2D eigenvalue weighted by Gasteiger charge is -2.42. The number of likely N-dealkylation sites (tertiary alicyclic amines) is 1. The van der Waals surface area contributed by atoms with E-state index < -0.39 is 0 Å². The summed E-state index contributed by atoms with van der Waals surface area (Å²) in [6.07, 6.45) is 9.35. The SMILES string of the molecule is CC(=O)N(C1CCC1)[C@H]1CCCN(Cc2nc(C3CC3)no2)CC1. The zero-order chi connectivity index (χ0) is 16.5. The van der Waals surface area contributed by atoms with Gasteiger partial charge in [0.25, 0.3) is 0 Å². The number of carbonyl (C=O) groups excluding carboxylic acids is 1. The van der Waals surface area contributed by atoms with Crippen LogP contribution in [0.25, 0.3) is 0 Å². The molecule has 1 aromatic heterocycles. The second-order valence-electron chi connectivity index (χ2n) is 7.69. The van der Waals surface area contributed by atoms with Crippen LogP contribution in [0.5, 0.6) is 0 Å². The molecule has 0 bridgehead atoms. The average Bonchev–Trinajstić information content (AvgIpc) is 3.29. The number of hydrogen-bond donors (Lipinski definition) is 0. The van der Waals surface area contributed by atoms with Gasteiger partial charge < -0.3 is 9.42 Å². The Hall–Kier alpha value is -1.43. The van der Waals surface area contributed by atoms with Crippen LogP contribution in [0, 0.1) is 0 Å². The first kappa shape index (κ1) is 16.1. The Morgan fingerprint density at radius 2 is 1.88 bits per heavy atom. The highest BCUT2D eigenvalue weighted by Gasteiger charge is 2.33. The molecule has 1 saturated heterocycles. The van der Waals surface area contributed by atoms with E-state index in [2.05, 4.69) is 19.9 Å². The number of hydrogen-bond acceptors (Lipinski definition) is 5. The van der Waals surface area contributed by atoms with Crippen LogP contribution < -0.4 is 0 Å². The molecule has 24 heavy (non-hydrogen) atoms. The monoisotopic (exact) mass is 332 g/mol. The lowest BCUT2D eigenvalue weighted by Crippen LogP contribution is -2.49. The largest absolute Gasteiger partial charge is 0.338 e. The molecule has 0 N–H and O–H groups in total. The predicted molar refractivity (Wildman–Crippen MR) is 89.3 cm³/mol. The van der Waals surface area contributed by atoms with Crippen molar-refractivity contribution < 1.29 is 9.32 Å². The van der Waals surface area contributed by atoms with Crippen LogP contribution in [0.2, 0.25) is 0 Å². The number of amides is 1. The molecule has 2 saturated carbocycles. The van der Waals surface area contributed by atoms with Crippen molar-refractivity contribution in [3.05, 3.63) is 11.7 Å². The first-order valence-electron chi connectivity index (χ1n) is 9.54. The van der Waals surface area contributed by atoms with Gasteiger partial charge in [-0.2, -0.15) is 4.98 Å². The van der Waals surface area contributed by atoms with Crippen LogP contribution in [-0.4, -0.2) is 51.0 Å². The van der Waals surface area contributed by atoms with E-state index in [1.807, 2.05) is 0 Å². The molecule has 0 aromatic carbocycles. The van der Waals surface area contributed by atoms with Gasteiger partial charge in [0.15, 0.2) is 5.82 Å². The summed E-state index contributed by atoms with van der Waals surface area (Å²) in [5.41, 5.74) is 0. The highest BCUT2D eigenvalue weighted by atomic mass is 16.5. The average molecular weight is 332 g/mol. The molecule has 1 aromatic rings. The third-order valence-corrected chi connectivity index (χ3v) is 5.80. The molecular weight excluding hydrogens is 304 g/mol. The minimum atomic E-state index is 0.254. The van der Waals surface area contributed by atoms with Crippen molar-refractivity contribution in [2.45, 2.75) is 82.8 Å². The molecule has 132 valence electrons. The van der Waals surface area contributed by atoms with Gasteiger partial charge in [-0.05, 0) is 57.9 Å². The zero-order valence-corrected chi connectivity index (χ0v) is 14.6. The Kier molecular flexibility index (Phi) is 4.57. The smallest absolute Gasteiger partial charge is 0.240 e. The Morgan fingerprint density at radius 1 is 1.12 bits per heavy atom. The summed E-state index contributed by atoms with van der Waals surface area (Å²) in [5.74, 6) is 2.44. The van der Waals surface area contributed by atoms with E-state index in [0.29, 0.717) is 18.0 Å². The van der Waals surface area contributed by atoms with E-state index in [-0.39, 0.29) is 5.91 Å². The molecule has 2 heterocycles. The maximum atomic E-state index is 12.1. The number of rotatable bonds is 5. The molecule has 4 rings (SSSR count). The van der Waals surface area contributed by atoms with E-state index in [1.165, 1.54) is 32.1 Å². The molecular formula is C18H28N4O2. The van der Waals surface area contributed by atoms with E-state index in [0.717, 1.165) is 50.6 Å². The molecule has 3 fully saturated rings. The lowest BCUT2D eigenvalue weighted by molar-refractivity contribution is -0.136. The Morgan fingerprint density at radius 3 is 2.54 bits per heavy atom. The van der Waals surface area contributed by atoms with Crippen molar-refractivity contribution >= 4 is 5.91 Å². The topological polar surface area (TPSA) is 62.5 Å². The Labute approximate surface area is 143 Å². The zero-order valence-electron chi connectivity index (χ0n) is 14.6. The van der Waals surface area contributed by atoms with Gasteiger partial charge >= 0.3 is 0 Å². The van der Waals surface area contributed by atoms with Gasteiger partial charge in [0, 0.05) is 31.5 Å². The third-order valence-electron chi connectivity index (χ3n) is 5.80. The van der Waals surface area contributed by atoms with Gasteiger partial charge in [0.05, 0.1) is 6.54 Å². The first-order valence-corrected chi connectivity index (χ1v) is 9.54. The Balaban J connectivity index is 1.33. The standard InChI is InChI=1S/C18H28N4O2/c1-13(23)22(15-4-2-5-15)16-6-3-10-21(11-9-16)12-17-19-18(20-24-17)14-7-8-14/h14-16H,2-12H2,1H3/t16-/m0/s1. The van der Waals surface area contributed by atoms with Crippen LogP contribution in [-0.2, 0) is 11.3 Å². The summed E-state index contributed by atoms with van der Waals surface area (Å²) in [5, 5.41) is 4.11. The fraction of sp³-hybridized carbons (Fsp3) is 0.833. The Bertz CT molecular complexity index is 579. The summed E-state index contributed by atoms with van der Waals surface area (Å²) in [6, 6.07) is 0.901. The van der Waals surface area contributed by atoms with Crippen molar-refractivity contribution in [1.82, 2.24) is 19.9 Å². The van der Waals surface area contributed by atoms with Crippen LogP contribution in [0.15, 0.2) is 4.52 Å². The van der Waals surface area contributed by atoms with Crippen molar-refractivity contribution in [2.24, 2.45) is 0 Å². The van der Waals surface area contributed by atoms with Crippen LogP contribution in [0.3, 0.4) is 0 Å². The van der Waals surface area contributed by atoms with Gasteiger partial charge in [0.1, 0.15) is 0 Å². The van der Waals surface area contributed by atoms with Gasteiger partial charge in [-0.1, -0.05) is 5.16 Å².